The van der Waals surface area contributed by atoms with Crippen LogP contribution in [0.4, 0.5) is 0 Å². The monoisotopic (exact) mass is 306 g/mol. The molecule has 0 spiro atoms. The van der Waals surface area contributed by atoms with Crippen molar-refractivity contribution in [1.29, 1.82) is 0 Å². The Hall–Kier alpha value is -1.43. The molecule has 0 aliphatic carbocycles. The molecule has 1 aliphatic rings. The molecule has 3 rings (SSSR count). The summed E-state index contributed by atoms with van der Waals surface area (Å²) in [5, 5.41) is 4.74. The van der Waals surface area contributed by atoms with Gasteiger partial charge in [-0.25, -0.2) is 0 Å². The van der Waals surface area contributed by atoms with Gasteiger partial charge in [0.15, 0.2) is 0 Å². The summed E-state index contributed by atoms with van der Waals surface area (Å²) in [6.45, 7) is 2.39. The quantitative estimate of drug-likeness (QED) is 0.940. The van der Waals surface area contributed by atoms with Gasteiger partial charge in [-0.3, -0.25) is 4.90 Å². The lowest BCUT2D eigenvalue weighted by molar-refractivity contribution is 0.128. The van der Waals surface area contributed by atoms with Crippen LogP contribution in [0.1, 0.15) is 25.2 Å². The van der Waals surface area contributed by atoms with Gasteiger partial charge in [-0.2, -0.15) is 4.98 Å². The number of hydrogen-bond acceptors (Lipinski definition) is 5. The van der Waals surface area contributed by atoms with E-state index in [0.29, 0.717) is 35.9 Å². The number of nitrogens with two attached hydrogens (primary N) is 1. The first-order valence-corrected chi connectivity index (χ1v) is 7.66. The Bertz CT molecular complexity index is 584. The van der Waals surface area contributed by atoms with Gasteiger partial charge in [-0.1, -0.05) is 23.2 Å². The maximum atomic E-state index is 5.88. The van der Waals surface area contributed by atoms with E-state index < -0.39 is 0 Å². The van der Waals surface area contributed by atoms with Crippen molar-refractivity contribution in [3.05, 3.63) is 35.2 Å². The molecule has 2 aromatic rings. The summed E-state index contributed by atoms with van der Waals surface area (Å²) in [5.74, 6) is 1.24. The molecule has 21 heavy (non-hydrogen) atoms. The maximum Gasteiger partial charge on any atom is 0.241 e. The van der Waals surface area contributed by atoms with E-state index in [1.165, 1.54) is 12.8 Å². The van der Waals surface area contributed by atoms with Crippen LogP contribution >= 0.6 is 11.6 Å². The van der Waals surface area contributed by atoms with Crippen molar-refractivity contribution in [2.24, 2.45) is 5.73 Å². The summed E-state index contributed by atoms with van der Waals surface area (Å²) < 4.78 is 5.37. The van der Waals surface area contributed by atoms with Gasteiger partial charge in [-0.05, 0) is 43.7 Å². The van der Waals surface area contributed by atoms with Crippen molar-refractivity contribution in [2.45, 2.75) is 31.8 Å². The Labute approximate surface area is 129 Å². The lowest BCUT2D eigenvalue weighted by atomic mass is 10.0. The first-order chi connectivity index (χ1) is 10.3. The van der Waals surface area contributed by atoms with Gasteiger partial charge in [0.2, 0.25) is 11.7 Å². The number of halogens is 1. The van der Waals surface area contributed by atoms with Crippen molar-refractivity contribution >= 4 is 11.6 Å². The standard InChI is InChI=1S/C15H19ClN4O/c16-12-6-4-11(5-7-12)15-18-14(21-19-15)10-20-8-2-1-3-13(20)9-17/h4-7,13H,1-3,8-10,17H2. The fourth-order valence-corrected chi connectivity index (χ4v) is 2.87. The smallest absolute Gasteiger partial charge is 0.241 e. The van der Waals surface area contributed by atoms with Crippen LogP contribution < -0.4 is 5.73 Å². The highest BCUT2D eigenvalue weighted by molar-refractivity contribution is 6.30. The number of nitrogens with zero attached hydrogens (tertiary/aromatic N) is 3. The number of rotatable bonds is 4. The molecule has 1 aromatic carbocycles. The Balaban J connectivity index is 1.71. The first-order valence-electron chi connectivity index (χ1n) is 7.29. The van der Waals surface area contributed by atoms with Crippen LogP contribution in [0.2, 0.25) is 5.02 Å². The lowest BCUT2D eigenvalue weighted by Gasteiger charge is -2.33. The fourth-order valence-electron chi connectivity index (χ4n) is 2.74. The van der Waals surface area contributed by atoms with E-state index in [2.05, 4.69) is 15.0 Å². The molecule has 6 heteroatoms. The average Bonchev–Trinajstić information content (AvgIpc) is 2.97. The number of benzene rings is 1. The SMILES string of the molecule is NCC1CCCCN1Cc1nc(-c2ccc(Cl)cc2)no1. The molecule has 2 heterocycles. The molecule has 1 aromatic heterocycles. The van der Waals surface area contributed by atoms with Crippen molar-refractivity contribution in [3.63, 3.8) is 0 Å². The zero-order chi connectivity index (χ0) is 14.7. The van der Waals surface area contributed by atoms with Crippen LogP contribution in [0, 0.1) is 0 Å². The topological polar surface area (TPSA) is 68.2 Å². The van der Waals surface area contributed by atoms with Gasteiger partial charge < -0.3 is 10.3 Å². The highest BCUT2D eigenvalue weighted by Gasteiger charge is 2.23. The molecule has 1 atom stereocenters. The second-order valence-corrected chi connectivity index (χ2v) is 5.81. The Morgan fingerprint density at radius 3 is 2.86 bits per heavy atom. The van der Waals surface area contributed by atoms with E-state index in [1.54, 1.807) is 0 Å². The van der Waals surface area contributed by atoms with Crippen LogP contribution in [-0.2, 0) is 6.54 Å². The summed E-state index contributed by atoms with van der Waals surface area (Å²) in [6, 6.07) is 7.84. The molecule has 0 amide bonds. The van der Waals surface area contributed by atoms with E-state index in [-0.39, 0.29) is 0 Å². The Kier molecular flexibility index (Phi) is 4.53. The van der Waals surface area contributed by atoms with E-state index in [0.717, 1.165) is 18.5 Å². The zero-order valence-corrected chi connectivity index (χ0v) is 12.6. The number of aromatic nitrogens is 2. The van der Waals surface area contributed by atoms with E-state index in [9.17, 15) is 0 Å². The van der Waals surface area contributed by atoms with Crippen molar-refractivity contribution in [1.82, 2.24) is 15.0 Å². The third-order valence-corrected chi connectivity index (χ3v) is 4.18. The summed E-state index contributed by atoms with van der Waals surface area (Å²) >= 11 is 5.88. The minimum atomic E-state index is 0.421. The summed E-state index contributed by atoms with van der Waals surface area (Å²) in [6.07, 6.45) is 3.60. The minimum Gasteiger partial charge on any atom is -0.338 e. The van der Waals surface area contributed by atoms with Gasteiger partial charge in [-0.15, -0.1) is 0 Å². The summed E-state index contributed by atoms with van der Waals surface area (Å²) in [7, 11) is 0. The van der Waals surface area contributed by atoms with Gasteiger partial charge in [0.1, 0.15) is 0 Å². The van der Waals surface area contributed by atoms with Crippen molar-refractivity contribution in [2.75, 3.05) is 13.1 Å². The molecule has 0 bridgehead atoms. The molecule has 112 valence electrons. The molecule has 1 aliphatic heterocycles. The second-order valence-electron chi connectivity index (χ2n) is 5.37. The molecule has 1 saturated heterocycles. The Morgan fingerprint density at radius 1 is 1.29 bits per heavy atom. The van der Waals surface area contributed by atoms with Gasteiger partial charge in [0.05, 0.1) is 6.54 Å². The fraction of sp³-hybridized carbons (Fsp3) is 0.467. The van der Waals surface area contributed by atoms with Gasteiger partial charge in [0.25, 0.3) is 0 Å². The average molecular weight is 307 g/mol. The molecular weight excluding hydrogens is 288 g/mol. The van der Waals surface area contributed by atoms with Crippen molar-refractivity contribution in [3.8, 4) is 11.4 Å². The molecule has 0 radical (unpaired) electrons. The van der Waals surface area contributed by atoms with E-state index in [1.807, 2.05) is 24.3 Å². The Morgan fingerprint density at radius 2 is 2.10 bits per heavy atom. The van der Waals surface area contributed by atoms with E-state index >= 15 is 0 Å². The third-order valence-electron chi connectivity index (χ3n) is 3.93. The minimum absolute atomic E-state index is 0.421. The predicted molar refractivity (Wildman–Crippen MR) is 81.8 cm³/mol. The van der Waals surface area contributed by atoms with Crippen LogP contribution in [0.25, 0.3) is 11.4 Å². The molecular formula is C15H19ClN4O. The number of hydrogen-bond donors (Lipinski definition) is 1. The van der Waals surface area contributed by atoms with Gasteiger partial charge in [0, 0.05) is 23.2 Å². The highest BCUT2D eigenvalue weighted by atomic mass is 35.5. The second kappa shape index (κ2) is 6.56. The molecule has 2 N–H and O–H groups in total. The highest BCUT2D eigenvalue weighted by Crippen LogP contribution is 2.21. The lowest BCUT2D eigenvalue weighted by Crippen LogP contribution is -2.43. The number of piperidine rings is 1. The third kappa shape index (κ3) is 3.43. The maximum absolute atomic E-state index is 5.88. The summed E-state index contributed by atoms with van der Waals surface area (Å²) in [4.78, 5) is 6.81. The van der Waals surface area contributed by atoms with Crippen LogP contribution in [0.15, 0.2) is 28.8 Å². The molecule has 1 unspecified atom stereocenters. The van der Waals surface area contributed by atoms with E-state index in [4.69, 9.17) is 21.9 Å². The zero-order valence-electron chi connectivity index (χ0n) is 11.8. The molecule has 5 nitrogen and oxygen atoms in total. The van der Waals surface area contributed by atoms with Crippen LogP contribution in [0.3, 0.4) is 0 Å². The van der Waals surface area contributed by atoms with Crippen LogP contribution in [-0.4, -0.2) is 34.2 Å². The largest absolute Gasteiger partial charge is 0.338 e. The summed E-state index contributed by atoms with van der Waals surface area (Å²) in [5.41, 5.74) is 6.74. The molecule has 1 fully saturated rings. The number of likely N-dealkylation sites (tertiary alicyclic amines) is 1. The van der Waals surface area contributed by atoms with Crippen LogP contribution in [0.5, 0.6) is 0 Å². The van der Waals surface area contributed by atoms with Gasteiger partial charge >= 0.3 is 0 Å². The normalized spacial score (nSPS) is 19.8. The predicted octanol–water partition coefficient (Wildman–Crippen LogP) is 2.70. The first kappa shape index (κ1) is 14.5. The molecule has 0 saturated carbocycles. The van der Waals surface area contributed by atoms with Crippen molar-refractivity contribution < 1.29 is 4.52 Å².